The lowest BCUT2D eigenvalue weighted by molar-refractivity contribution is -0.130. The van der Waals surface area contributed by atoms with E-state index in [9.17, 15) is 14.4 Å². The molecule has 3 N–H and O–H groups in total. The van der Waals surface area contributed by atoms with E-state index in [0.717, 1.165) is 5.56 Å². The van der Waals surface area contributed by atoms with Crippen molar-refractivity contribution in [2.75, 3.05) is 5.75 Å². The Morgan fingerprint density at radius 1 is 0.972 bits per heavy atom. The van der Waals surface area contributed by atoms with Crippen LogP contribution in [-0.4, -0.2) is 47.4 Å². The van der Waals surface area contributed by atoms with Crippen molar-refractivity contribution in [3.8, 4) is 6.07 Å². The summed E-state index contributed by atoms with van der Waals surface area (Å²) in [4.78, 5) is 38.8. The van der Waals surface area contributed by atoms with Gasteiger partial charge in [0.25, 0.3) is 0 Å². The van der Waals surface area contributed by atoms with Crippen LogP contribution in [0, 0.1) is 23.2 Å². The lowest BCUT2D eigenvalue weighted by atomic mass is 9.99. The van der Waals surface area contributed by atoms with E-state index < -0.39 is 29.7 Å². The minimum absolute atomic E-state index is 0.132. The number of nitrogens with zero attached hydrogens (tertiary/aromatic N) is 1. The molecule has 200 valence electrons. The van der Waals surface area contributed by atoms with Crippen LogP contribution in [0.3, 0.4) is 0 Å². The quantitative estimate of drug-likeness (QED) is 0.356. The first-order valence-electron chi connectivity index (χ1n) is 12.4. The van der Waals surface area contributed by atoms with Gasteiger partial charge in [0.2, 0.25) is 11.8 Å². The molecule has 3 atom stereocenters. The molecule has 0 saturated heterocycles. The van der Waals surface area contributed by atoms with Crippen LogP contribution in [-0.2, 0) is 20.1 Å². The summed E-state index contributed by atoms with van der Waals surface area (Å²) in [5.74, 6) is 0.193. The highest BCUT2D eigenvalue weighted by molar-refractivity contribution is 7.98. The summed E-state index contributed by atoms with van der Waals surface area (Å²) in [7, 11) is 0. The zero-order valence-corrected chi connectivity index (χ0v) is 23.4. The Hall–Kier alpha value is -2.73. The van der Waals surface area contributed by atoms with E-state index in [1.807, 2.05) is 58.0 Å². The normalized spacial score (nSPS) is 13.9. The Labute approximate surface area is 220 Å². The summed E-state index contributed by atoms with van der Waals surface area (Å²) in [6.07, 6.45) is 0.178. The van der Waals surface area contributed by atoms with Crippen molar-refractivity contribution in [1.82, 2.24) is 16.0 Å². The predicted molar refractivity (Wildman–Crippen MR) is 144 cm³/mol. The molecular formula is C27H42N4O4S. The molecule has 36 heavy (non-hydrogen) atoms. The van der Waals surface area contributed by atoms with Gasteiger partial charge in [-0.2, -0.15) is 17.0 Å². The third-order valence-electron chi connectivity index (χ3n) is 5.35. The highest BCUT2D eigenvalue weighted by atomic mass is 32.2. The van der Waals surface area contributed by atoms with Crippen LogP contribution in [0.5, 0.6) is 0 Å². The monoisotopic (exact) mass is 518 g/mol. The van der Waals surface area contributed by atoms with Gasteiger partial charge in [0.15, 0.2) is 0 Å². The number of hydrogen-bond donors (Lipinski definition) is 3. The van der Waals surface area contributed by atoms with Crippen LogP contribution < -0.4 is 16.0 Å². The summed E-state index contributed by atoms with van der Waals surface area (Å²) in [5, 5.41) is 17.5. The molecule has 0 bridgehead atoms. The van der Waals surface area contributed by atoms with Gasteiger partial charge in [0.05, 0.1) is 6.07 Å². The van der Waals surface area contributed by atoms with Crippen molar-refractivity contribution >= 4 is 29.7 Å². The second kappa shape index (κ2) is 15.4. The van der Waals surface area contributed by atoms with E-state index in [4.69, 9.17) is 10.00 Å². The van der Waals surface area contributed by atoms with Gasteiger partial charge >= 0.3 is 6.09 Å². The highest BCUT2D eigenvalue weighted by Crippen LogP contribution is 2.15. The minimum Gasteiger partial charge on any atom is -0.444 e. The number of carbonyl (C=O) groups is 3. The molecular weight excluding hydrogens is 476 g/mol. The summed E-state index contributed by atoms with van der Waals surface area (Å²) < 4.78 is 5.31. The summed E-state index contributed by atoms with van der Waals surface area (Å²) in [5.41, 5.74) is 0.419. The predicted octanol–water partition coefficient (Wildman–Crippen LogP) is 4.40. The van der Waals surface area contributed by atoms with Crippen LogP contribution in [0.25, 0.3) is 0 Å². The van der Waals surface area contributed by atoms with Crippen molar-refractivity contribution < 1.29 is 19.1 Å². The fourth-order valence-electron chi connectivity index (χ4n) is 3.36. The standard InChI is InChI=1S/C27H42N4O4S/c1-18(2)21(14-11-15-28)29-24(32)22(17-36-16-20-12-9-8-10-13-20)30-25(33)23(19(3)4)31-26(34)35-27(5,6)7/h8-10,12-13,18-19,21-23H,11,14,16-17H2,1-7H3,(H,29,32)(H,30,33)(H,31,34)/t21?,22-,23-/m0/s1. The first-order chi connectivity index (χ1) is 16.8. The second-order valence-corrected chi connectivity index (χ2v) is 11.5. The van der Waals surface area contributed by atoms with Crippen molar-refractivity contribution in [2.24, 2.45) is 11.8 Å². The van der Waals surface area contributed by atoms with Crippen LogP contribution >= 0.6 is 11.8 Å². The molecule has 0 heterocycles. The SMILES string of the molecule is CC(C)C(CCC#N)NC(=O)[C@H](CSCc1ccccc1)NC(=O)[C@@H](NC(=O)OC(C)(C)C)C(C)C. The number of hydrogen-bond acceptors (Lipinski definition) is 6. The maximum atomic E-state index is 13.3. The van der Waals surface area contributed by atoms with Crippen molar-refractivity contribution in [3.05, 3.63) is 35.9 Å². The molecule has 1 aromatic rings. The number of benzene rings is 1. The molecule has 1 rings (SSSR count). The Kier molecular flexibility index (Phi) is 13.4. The Morgan fingerprint density at radius 3 is 2.14 bits per heavy atom. The molecule has 0 aliphatic heterocycles. The molecule has 8 nitrogen and oxygen atoms in total. The van der Waals surface area contributed by atoms with Gasteiger partial charge in [0, 0.05) is 24.0 Å². The molecule has 1 unspecified atom stereocenters. The maximum Gasteiger partial charge on any atom is 0.408 e. The zero-order chi connectivity index (χ0) is 27.3. The Bertz CT molecular complexity index is 878. The average molecular weight is 519 g/mol. The molecule has 0 spiro atoms. The molecule has 9 heteroatoms. The van der Waals surface area contributed by atoms with Crippen molar-refractivity contribution in [3.63, 3.8) is 0 Å². The van der Waals surface area contributed by atoms with Gasteiger partial charge in [-0.15, -0.1) is 0 Å². The molecule has 0 aromatic heterocycles. The lowest BCUT2D eigenvalue weighted by Gasteiger charge is -2.28. The van der Waals surface area contributed by atoms with E-state index in [1.54, 1.807) is 32.5 Å². The molecule has 1 aromatic carbocycles. The third-order valence-corrected chi connectivity index (χ3v) is 6.46. The van der Waals surface area contributed by atoms with Gasteiger partial charge in [0.1, 0.15) is 17.7 Å². The van der Waals surface area contributed by atoms with Crippen molar-refractivity contribution in [1.29, 1.82) is 5.26 Å². The van der Waals surface area contributed by atoms with E-state index >= 15 is 0 Å². The van der Waals surface area contributed by atoms with E-state index in [0.29, 0.717) is 24.3 Å². The largest absolute Gasteiger partial charge is 0.444 e. The lowest BCUT2D eigenvalue weighted by Crippen LogP contribution is -2.57. The molecule has 0 fully saturated rings. The number of thioether (sulfide) groups is 1. The van der Waals surface area contributed by atoms with Crippen molar-refractivity contribution in [2.45, 2.75) is 90.8 Å². The molecule has 0 aliphatic carbocycles. The number of nitrogens with one attached hydrogen (secondary N) is 3. The van der Waals surface area contributed by atoms with E-state index in [-0.39, 0.29) is 23.8 Å². The maximum absolute atomic E-state index is 13.3. The highest BCUT2D eigenvalue weighted by Gasteiger charge is 2.31. The van der Waals surface area contributed by atoms with E-state index in [1.165, 1.54) is 0 Å². The number of carbonyl (C=O) groups excluding carboxylic acids is 3. The van der Waals surface area contributed by atoms with Crippen LogP contribution in [0.2, 0.25) is 0 Å². The average Bonchev–Trinajstić information content (AvgIpc) is 2.78. The Balaban J connectivity index is 2.98. The summed E-state index contributed by atoms with van der Waals surface area (Å²) >= 11 is 1.54. The number of nitriles is 1. The first kappa shape index (κ1) is 31.3. The second-order valence-electron chi connectivity index (χ2n) is 10.5. The van der Waals surface area contributed by atoms with Gasteiger partial charge in [-0.25, -0.2) is 4.79 Å². The number of alkyl carbamates (subject to hydrolysis) is 1. The van der Waals surface area contributed by atoms with Gasteiger partial charge in [-0.05, 0) is 44.6 Å². The fourth-order valence-corrected chi connectivity index (χ4v) is 4.37. The van der Waals surface area contributed by atoms with Crippen LogP contribution in [0.15, 0.2) is 30.3 Å². The van der Waals surface area contributed by atoms with Gasteiger partial charge in [-0.3, -0.25) is 9.59 Å². The Morgan fingerprint density at radius 2 is 1.61 bits per heavy atom. The summed E-state index contributed by atoms with van der Waals surface area (Å²) in [6, 6.07) is 10.1. The smallest absolute Gasteiger partial charge is 0.408 e. The number of amides is 3. The minimum atomic E-state index is -0.867. The number of ether oxygens (including phenoxy) is 1. The molecule has 0 aliphatic rings. The zero-order valence-electron chi connectivity index (χ0n) is 22.6. The summed E-state index contributed by atoms with van der Waals surface area (Å²) in [6.45, 7) is 12.9. The van der Waals surface area contributed by atoms with Gasteiger partial charge < -0.3 is 20.7 Å². The molecule has 0 radical (unpaired) electrons. The first-order valence-corrected chi connectivity index (χ1v) is 13.6. The van der Waals surface area contributed by atoms with Crippen LogP contribution in [0.4, 0.5) is 4.79 Å². The van der Waals surface area contributed by atoms with Gasteiger partial charge in [-0.1, -0.05) is 58.0 Å². The number of rotatable bonds is 13. The van der Waals surface area contributed by atoms with Crippen LogP contribution in [0.1, 0.15) is 66.9 Å². The fraction of sp³-hybridized carbons (Fsp3) is 0.630. The molecule has 3 amide bonds. The molecule has 0 saturated carbocycles. The third kappa shape index (κ3) is 12.3. The topological polar surface area (TPSA) is 120 Å². The van der Waals surface area contributed by atoms with E-state index in [2.05, 4.69) is 22.0 Å².